The molecule has 0 aliphatic rings. The first-order valence-electron chi connectivity index (χ1n) is 6.66. The molecule has 114 valence electrons. The number of nitrogens with one attached hydrogen (secondary N) is 2. The summed E-state index contributed by atoms with van der Waals surface area (Å²) < 4.78 is 6.65. The van der Waals surface area contributed by atoms with Crippen molar-refractivity contribution in [3.05, 3.63) is 38.7 Å². The van der Waals surface area contributed by atoms with E-state index in [1.54, 1.807) is 13.1 Å². The molecule has 0 aliphatic carbocycles. The normalized spacial score (nSPS) is 11.0. The maximum atomic E-state index is 11.9. The maximum absolute atomic E-state index is 11.9. The molecule has 0 atom stereocenters. The molecule has 0 spiro atoms. The van der Waals surface area contributed by atoms with E-state index in [2.05, 4.69) is 15.3 Å². The van der Waals surface area contributed by atoms with E-state index in [9.17, 15) is 9.59 Å². The van der Waals surface area contributed by atoms with Crippen LogP contribution < -0.4 is 22.3 Å². The van der Waals surface area contributed by atoms with Crippen molar-refractivity contribution in [1.29, 1.82) is 0 Å². The number of hydrogen-bond donors (Lipinski definition) is 3. The van der Waals surface area contributed by atoms with Gasteiger partial charge in [0.05, 0.1) is 12.7 Å². The first-order valence-corrected chi connectivity index (χ1v) is 6.66. The Morgan fingerprint density at radius 2 is 2.19 bits per heavy atom. The molecule has 8 nitrogen and oxygen atoms in total. The number of H-pyrrole nitrogens is 1. The van der Waals surface area contributed by atoms with Crippen LogP contribution in [0.3, 0.4) is 0 Å². The second-order valence-electron chi connectivity index (χ2n) is 5.24. The van der Waals surface area contributed by atoms with E-state index in [1.165, 1.54) is 4.57 Å². The smallest absolute Gasteiger partial charge is 0.330 e. The van der Waals surface area contributed by atoms with Crippen molar-refractivity contribution in [3.63, 3.8) is 0 Å². The number of aryl methyl sites for hydroxylation is 1. The van der Waals surface area contributed by atoms with Gasteiger partial charge in [-0.1, -0.05) is 13.8 Å². The first kappa shape index (κ1) is 14.9. The zero-order valence-corrected chi connectivity index (χ0v) is 12.3. The molecule has 2 aromatic rings. The lowest BCUT2D eigenvalue weighted by Crippen LogP contribution is -2.35. The van der Waals surface area contributed by atoms with Gasteiger partial charge in [-0.3, -0.25) is 14.3 Å². The zero-order chi connectivity index (χ0) is 15.6. The molecular formula is C13H19N5O3. The lowest BCUT2D eigenvalue weighted by Gasteiger charge is -2.14. The largest absolute Gasteiger partial charge is 0.444 e. The Bertz CT molecular complexity index is 741. The van der Waals surface area contributed by atoms with Crippen LogP contribution in [0.25, 0.3) is 0 Å². The van der Waals surface area contributed by atoms with Gasteiger partial charge in [0.1, 0.15) is 17.3 Å². The molecule has 2 heterocycles. The fourth-order valence-electron chi connectivity index (χ4n) is 1.95. The van der Waals surface area contributed by atoms with Crippen molar-refractivity contribution >= 4 is 11.5 Å². The first-order chi connectivity index (χ1) is 9.88. The third-order valence-electron chi connectivity index (χ3n) is 2.87. The van der Waals surface area contributed by atoms with Crippen molar-refractivity contribution in [2.45, 2.75) is 33.9 Å². The summed E-state index contributed by atoms with van der Waals surface area (Å²) in [5.74, 6) is 1.45. The minimum Gasteiger partial charge on any atom is -0.444 e. The second kappa shape index (κ2) is 5.86. The highest BCUT2D eigenvalue weighted by Gasteiger charge is 2.13. The number of anilines is 2. The average Bonchev–Trinajstić information content (AvgIpc) is 2.80. The Morgan fingerprint density at radius 1 is 1.48 bits per heavy atom. The Kier molecular flexibility index (Phi) is 4.15. The topological polar surface area (TPSA) is 119 Å². The molecule has 2 aromatic heterocycles. The highest BCUT2D eigenvalue weighted by Crippen LogP contribution is 2.13. The van der Waals surface area contributed by atoms with Gasteiger partial charge in [0.25, 0.3) is 5.56 Å². The summed E-state index contributed by atoms with van der Waals surface area (Å²) in [6.07, 6.45) is 1.59. The van der Waals surface area contributed by atoms with Crippen molar-refractivity contribution in [1.82, 2.24) is 14.5 Å². The predicted octanol–water partition coefficient (Wildman–Crippen LogP) is 0.683. The van der Waals surface area contributed by atoms with Crippen LogP contribution >= 0.6 is 0 Å². The molecule has 0 unspecified atom stereocenters. The predicted molar refractivity (Wildman–Crippen MR) is 79.1 cm³/mol. The van der Waals surface area contributed by atoms with Crippen LogP contribution in [0.1, 0.15) is 25.5 Å². The molecule has 0 saturated heterocycles. The standard InChI is InChI=1S/C13H19N5O3/c1-7(2)6-18-11(14)10(12(19)17-13(18)20)16-5-9-15-4-8(3)21-9/h4,7,16H,5-6,14H2,1-3H3,(H,17,19,20). The van der Waals surface area contributed by atoms with E-state index in [0.717, 1.165) is 0 Å². The third-order valence-corrected chi connectivity index (χ3v) is 2.87. The van der Waals surface area contributed by atoms with E-state index >= 15 is 0 Å². The van der Waals surface area contributed by atoms with Crippen LogP contribution in [-0.2, 0) is 13.1 Å². The Morgan fingerprint density at radius 3 is 2.76 bits per heavy atom. The molecule has 4 N–H and O–H groups in total. The molecule has 8 heteroatoms. The number of aromatic amines is 1. The molecule has 0 bridgehead atoms. The van der Waals surface area contributed by atoms with Crippen LogP contribution in [0.15, 0.2) is 20.2 Å². The van der Waals surface area contributed by atoms with Gasteiger partial charge in [-0.25, -0.2) is 9.78 Å². The fourth-order valence-corrected chi connectivity index (χ4v) is 1.95. The van der Waals surface area contributed by atoms with E-state index in [0.29, 0.717) is 18.2 Å². The van der Waals surface area contributed by atoms with E-state index in [4.69, 9.17) is 10.2 Å². The van der Waals surface area contributed by atoms with E-state index in [1.807, 2.05) is 13.8 Å². The molecule has 0 aromatic carbocycles. The molecule has 0 radical (unpaired) electrons. The Labute approximate surface area is 121 Å². The summed E-state index contributed by atoms with van der Waals surface area (Å²) in [6.45, 7) is 6.33. The zero-order valence-electron chi connectivity index (χ0n) is 12.3. The van der Waals surface area contributed by atoms with E-state index < -0.39 is 11.2 Å². The van der Waals surface area contributed by atoms with Gasteiger partial charge < -0.3 is 15.5 Å². The summed E-state index contributed by atoms with van der Waals surface area (Å²) in [5, 5.41) is 2.87. The van der Waals surface area contributed by atoms with Gasteiger partial charge in [0.15, 0.2) is 0 Å². The lowest BCUT2D eigenvalue weighted by atomic mass is 10.2. The van der Waals surface area contributed by atoms with Gasteiger partial charge in [0, 0.05) is 6.54 Å². The summed E-state index contributed by atoms with van der Waals surface area (Å²) in [5.41, 5.74) is 5.01. The summed E-state index contributed by atoms with van der Waals surface area (Å²) in [7, 11) is 0. The number of nitrogen functional groups attached to an aromatic ring is 1. The minimum absolute atomic E-state index is 0.112. The number of rotatable bonds is 5. The number of nitrogens with zero attached hydrogens (tertiary/aromatic N) is 2. The van der Waals surface area contributed by atoms with Crippen molar-refractivity contribution < 1.29 is 4.42 Å². The quantitative estimate of drug-likeness (QED) is 0.746. The Balaban J connectivity index is 2.30. The van der Waals surface area contributed by atoms with Crippen LogP contribution in [0.5, 0.6) is 0 Å². The molecule has 0 saturated carbocycles. The van der Waals surface area contributed by atoms with Crippen LogP contribution in [0.4, 0.5) is 11.5 Å². The molecule has 21 heavy (non-hydrogen) atoms. The number of hydrogen-bond acceptors (Lipinski definition) is 6. The Hall–Kier alpha value is -2.51. The highest BCUT2D eigenvalue weighted by molar-refractivity contribution is 5.60. The van der Waals surface area contributed by atoms with Gasteiger partial charge in [-0.05, 0) is 12.8 Å². The SMILES string of the molecule is Cc1cnc(CNc2c(N)n(CC(C)C)c(=O)[nH]c2=O)o1. The second-order valence-corrected chi connectivity index (χ2v) is 5.24. The molecule has 0 amide bonds. The minimum atomic E-state index is -0.555. The monoisotopic (exact) mass is 293 g/mol. The fraction of sp³-hybridized carbons (Fsp3) is 0.462. The van der Waals surface area contributed by atoms with Gasteiger partial charge >= 0.3 is 5.69 Å². The highest BCUT2D eigenvalue weighted by atomic mass is 16.4. The van der Waals surface area contributed by atoms with Crippen LogP contribution in [-0.4, -0.2) is 14.5 Å². The number of nitrogens with two attached hydrogens (primary N) is 1. The van der Waals surface area contributed by atoms with Crippen molar-refractivity contribution in [2.75, 3.05) is 11.1 Å². The molecule has 2 rings (SSSR count). The summed E-state index contributed by atoms with van der Waals surface area (Å²) in [6, 6.07) is 0. The maximum Gasteiger partial charge on any atom is 0.330 e. The third kappa shape index (κ3) is 3.33. The number of aromatic nitrogens is 3. The van der Waals surface area contributed by atoms with Crippen molar-refractivity contribution in [3.8, 4) is 0 Å². The van der Waals surface area contributed by atoms with E-state index in [-0.39, 0.29) is 24.0 Å². The molecule has 0 aliphatic heterocycles. The van der Waals surface area contributed by atoms with Gasteiger partial charge in [-0.2, -0.15) is 0 Å². The molecule has 0 fully saturated rings. The summed E-state index contributed by atoms with van der Waals surface area (Å²) >= 11 is 0. The van der Waals surface area contributed by atoms with Gasteiger partial charge in [-0.15, -0.1) is 0 Å². The van der Waals surface area contributed by atoms with Gasteiger partial charge in [0.2, 0.25) is 5.89 Å². The van der Waals surface area contributed by atoms with Crippen molar-refractivity contribution in [2.24, 2.45) is 5.92 Å². The lowest BCUT2D eigenvalue weighted by molar-refractivity contribution is 0.478. The number of oxazole rings is 1. The van der Waals surface area contributed by atoms with Crippen LogP contribution in [0.2, 0.25) is 0 Å². The van der Waals surface area contributed by atoms with Crippen LogP contribution in [0, 0.1) is 12.8 Å². The molecular weight excluding hydrogens is 274 g/mol. The summed E-state index contributed by atoms with van der Waals surface area (Å²) in [4.78, 5) is 29.9. The average molecular weight is 293 g/mol.